The summed E-state index contributed by atoms with van der Waals surface area (Å²) in [5, 5.41) is 6.02. The Kier molecular flexibility index (Phi) is 8.30. The highest BCUT2D eigenvalue weighted by atomic mass is 16.5. The summed E-state index contributed by atoms with van der Waals surface area (Å²) in [7, 11) is 0. The van der Waals surface area contributed by atoms with Crippen LogP contribution in [0, 0.1) is 0 Å². The molecule has 21 heavy (non-hydrogen) atoms. The summed E-state index contributed by atoms with van der Waals surface area (Å²) in [6.45, 7) is 9.29. The first-order valence-electron chi connectivity index (χ1n) is 7.98. The second-order valence-corrected chi connectivity index (χ2v) is 5.37. The molecule has 0 radical (unpaired) electrons. The molecule has 2 amide bonds. The summed E-state index contributed by atoms with van der Waals surface area (Å²) in [4.78, 5) is 25.6. The summed E-state index contributed by atoms with van der Waals surface area (Å²) in [5.41, 5.74) is 0. The normalized spacial score (nSPS) is 17.3. The van der Waals surface area contributed by atoms with Gasteiger partial charge in [0.15, 0.2) is 0 Å². The van der Waals surface area contributed by atoms with Crippen molar-refractivity contribution in [1.29, 1.82) is 0 Å². The highest BCUT2D eigenvalue weighted by Crippen LogP contribution is 2.07. The van der Waals surface area contributed by atoms with Crippen LogP contribution in [0.1, 0.15) is 40.0 Å². The van der Waals surface area contributed by atoms with Crippen molar-refractivity contribution in [1.82, 2.24) is 15.5 Å². The summed E-state index contributed by atoms with van der Waals surface area (Å²) in [5.74, 6) is -0.162. The van der Waals surface area contributed by atoms with E-state index in [9.17, 15) is 9.59 Å². The van der Waals surface area contributed by atoms with Gasteiger partial charge in [-0.3, -0.25) is 9.59 Å². The molecule has 1 aliphatic rings. The number of amides is 2. The number of piperidine rings is 1. The van der Waals surface area contributed by atoms with Crippen LogP contribution in [0.5, 0.6) is 0 Å². The summed E-state index contributed by atoms with van der Waals surface area (Å²) < 4.78 is 5.69. The van der Waals surface area contributed by atoms with E-state index in [0.29, 0.717) is 26.1 Å². The Hall–Kier alpha value is -1.14. The molecule has 1 unspecified atom stereocenters. The quantitative estimate of drug-likeness (QED) is 0.685. The number of hydrogen-bond donors (Lipinski definition) is 2. The molecule has 0 aromatic carbocycles. The number of carbonyl (C=O) groups is 2. The zero-order valence-corrected chi connectivity index (χ0v) is 13.5. The Morgan fingerprint density at radius 2 is 1.90 bits per heavy atom. The predicted octanol–water partition coefficient (Wildman–Crippen LogP) is 0.518. The van der Waals surface area contributed by atoms with E-state index in [1.165, 1.54) is 0 Å². The summed E-state index contributed by atoms with van der Waals surface area (Å²) >= 11 is 0. The van der Waals surface area contributed by atoms with Gasteiger partial charge in [0.1, 0.15) is 6.04 Å². The molecule has 0 aliphatic carbocycles. The third-order valence-electron chi connectivity index (χ3n) is 3.79. The number of likely N-dealkylation sites (N-methyl/N-ethyl adjacent to an activating group) is 1. The van der Waals surface area contributed by atoms with Gasteiger partial charge in [0.25, 0.3) is 0 Å². The van der Waals surface area contributed by atoms with E-state index in [4.69, 9.17) is 4.74 Å². The number of nitrogens with zero attached hydrogens (tertiary/aromatic N) is 1. The molecule has 0 aromatic rings. The second-order valence-electron chi connectivity index (χ2n) is 5.37. The lowest BCUT2D eigenvalue weighted by atomic mass is 10.1. The Labute approximate surface area is 127 Å². The number of rotatable bonds is 8. The van der Waals surface area contributed by atoms with Gasteiger partial charge in [0, 0.05) is 19.5 Å². The zero-order chi connectivity index (χ0) is 15.7. The maximum absolute atomic E-state index is 12.0. The standard InChI is InChI=1S/C15H29N3O3/c1-4-18(5-2)15(20)12(3)17-14(19)8-11-21-13-6-9-16-10-7-13/h12-13,16H,4-11H2,1-3H3,(H,17,19). The predicted molar refractivity (Wildman–Crippen MR) is 82.0 cm³/mol. The van der Waals surface area contributed by atoms with Gasteiger partial charge in [-0.15, -0.1) is 0 Å². The van der Waals surface area contributed by atoms with Gasteiger partial charge < -0.3 is 20.3 Å². The van der Waals surface area contributed by atoms with Crippen LogP contribution >= 0.6 is 0 Å². The third-order valence-corrected chi connectivity index (χ3v) is 3.79. The Morgan fingerprint density at radius 3 is 2.48 bits per heavy atom. The zero-order valence-electron chi connectivity index (χ0n) is 13.5. The number of ether oxygens (including phenoxy) is 1. The van der Waals surface area contributed by atoms with Crippen LogP contribution in [0.3, 0.4) is 0 Å². The minimum Gasteiger partial charge on any atom is -0.378 e. The van der Waals surface area contributed by atoms with Crippen molar-refractivity contribution in [3.8, 4) is 0 Å². The smallest absolute Gasteiger partial charge is 0.244 e. The Bertz CT molecular complexity index is 326. The van der Waals surface area contributed by atoms with E-state index < -0.39 is 6.04 Å². The largest absolute Gasteiger partial charge is 0.378 e. The lowest BCUT2D eigenvalue weighted by molar-refractivity contribution is -0.136. The maximum atomic E-state index is 12.0. The highest BCUT2D eigenvalue weighted by Gasteiger charge is 2.20. The molecule has 0 aromatic heterocycles. The fraction of sp³-hybridized carbons (Fsp3) is 0.867. The van der Waals surface area contributed by atoms with Crippen LogP contribution in [-0.4, -0.2) is 61.6 Å². The third kappa shape index (κ3) is 6.44. The molecule has 0 spiro atoms. The van der Waals surface area contributed by atoms with E-state index in [0.717, 1.165) is 25.9 Å². The van der Waals surface area contributed by atoms with E-state index in [2.05, 4.69) is 10.6 Å². The average Bonchev–Trinajstić information content (AvgIpc) is 2.49. The van der Waals surface area contributed by atoms with Crippen molar-refractivity contribution in [2.24, 2.45) is 0 Å². The number of carbonyl (C=O) groups excluding carboxylic acids is 2. The fourth-order valence-corrected chi connectivity index (χ4v) is 2.46. The minimum absolute atomic E-state index is 0.0346. The molecule has 0 saturated carbocycles. The van der Waals surface area contributed by atoms with Crippen molar-refractivity contribution in [3.05, 3.63) is 0 Å². The minimum atomic E-state index is -0.476. The lowest BCUT2D eigenvalue weighted by Crippen LogP contribution is -2.47. The molecule has 2 N–H and O–H groups in total. The van der Waals surface area contributed by atoms with Gasteiger partial charge in [0.05, 0.1) is 12.7 Å². The van der Waals surface area contributed by atoms with Gasteiger partial charge in [-0.2, -0.15) is 0 Å². The lowest BCUT2D eigenvalue weighted by Gasteiger charge is -2.24. The van der Waals surface area contributed by atoms with Crippen molar-refractivity contribution < 1.29 is 14.3 Å². The van der Waals surface area contributed by atoms with Crippen molar-refractivity contribution >= 4 is 11.8 Å². The van der Waals surface area contributed by atoms with Crippen molar-refractivity contribution in [2.75, 3.05) is 32.8 Å². The molecule has 122 valence electrons. The first-order valence-corrected chi connectivity index (χ1v) is 7.98. The number of nitrogens with one attached hydrogen (secondary N) is 2. The van der Waals surface area contributed by atoms with E-state index >= 15 is 0 Å². The molecule has 1 aliphatic heterocycles. The molecule has 1 fully saturated rings. The van der Waals surface area contributed by atoms with Crippen LogP contribution in [0.25, 0.3) is 0 Å². The molecular formula is C15H29N3O3. The van der Waals surface area contributed by atoms with Crippen LogP contribution in [0.15, 0.2) is 0 Å². The maximum Gasteiger partial charge on any atom is 0.244 e. The van der Waals surface area contributed by atoms with Gasteiger partial charge in [-0.05, 0) is 46.7 Å². The number of hydrogen-bond acceptors (Lipinski definition) is 4. The van der Waals surface area contributed by atoms with E-state index in [-0.39, 0.29) is 17.9 Å². The SMILES string of the molecule is CCN(CC)C(=O)C(C)NC(=O)CCOC1CCNCC1. The van der Waals surface area contributed by atoms with Gasteiger partial charge in [0.2, 0.25) is 11.8 Å². The molecule has 1 saturated heterocycles. The van der Waals surface area contributed by atoms with E-state index in [1.807, 2.05) is 13.8 Å². The Balaban J connectivity index is 2.21. The van der Waals surface area contributed by atoms with Crippen molar-refractivity contribution in [2.45, 2.75) is 52.2 Å². The Morgan fingerprint density at radius 1 is 1.29 bits per heavy atom. The molecule has 1 heterocycles. The van der Waals surface area contributed by atoms with Crippen LogP contribution in [0.4, 0.5) is 0 Å². The van der Waals surface area contributed by atoms with Gasteiger partial charge >= 0.3 is 0 Å². The van der Waals surface area contributed by atoms with Crippen LogP contribution in [-0.2, 0) is 14.3 Å². The fourth-order valence-electron chi connectivity index (χ4n) is 2.46. The monoisotopic (exact) mass is 299 g/mol. The summed E-state index contributed by atoms with van der Waals surface area (Å²) in [6.07, 6.45) is 2.56. The first-order chi connectivity index (χ1) is 10.1. The van der Waals surface area contributed by atoms with Gasteiger partial charge in [-0.1, -0.05) is 0 Å². The second kappa shape index (κ2) is 9.73. The van der Waals surface area contributed by atoms with Crippen molar-refractivity contribution in [3.63, 3.8) is 0 Å². The average molecular weight is 299 g/mol. The molecule has 0 bridgehead atoms. The molecule has 1 rings (SSSR count). The van der Waals surface area contributed by atoms with Crippen LogP contribution < -0.4 is 10.6 Å². The summed E-state index contributed by atoms with van der Waals surface area (Å²) in [6, 6.07) is -0.476. The first kappa shape index (κ1) is 17.9. The highest BCUT2D eigenvalue weighted by molar-refractivity contribution is 5.87. The molecular weight excluding hydrogens is 270 g/mol. The molecule has 6 nitrogen and oxygen atoms in total. The van der Waals surface area contributed by atoms with E-state index in [1.54, 1.807) is 11.8 Å². The molecule has 6 heteroatoms. The van der Waals surface area contributed by atoms with Gasteiger partial charge in [-0.25, -0.2) is 0 Å². The molecule has 1 atom stereocenters. The topological polar surface area (TPSA) is 70.7 Å². The van der Waals surface area contributed by atoms with Crippen LogP contribution in [0.2, 0.25) is 0 Å².